The van der Waals surface area contributed by atoms with E-state index >= 15 is 0 Å². The lowest BCUT2D eigenvalue weighted by Crippen LogP contribution is -2.19. The van der Waals surface area contributed by atoms with Crippen molar-refractivity contribution in [3.05, 3.63) is 10.4 Å². The summed E-state index contributed by atoms with van der Waals surface area (Å²) >= 11 is 0. The summed E-state index contributed by atoms with van der Waals surface area (Å²) < 4.78 is 0. The first-order valence-corrected chi connectivity index (χ1v) is 8.62. The molecule has 0 N–H and O–H groups in total. The van der Waals surface area contributed by atoms with E-state index in [2.05, 4.69) is 23.9 Å². The van der Waals surface area contributed by atoms with Crippen molar-refractivity contribution < 1.29 is 0 Å². The lowest BCUT2D eigenvalue weighted by atomic mass is 9.78. The minimum Gasteiger partial charge on any atom is -0.0876 e. The maximum atomic E-state index is 8.33. The molecule has 0 aromatic rings. The Balaban J connectivity index is 0.000000149. The molecule has 3 fully saturated rings. The van der Waals surface area contributed by atoms with Gasteiger partial charge in [-0.1, -0.05) is 57.5 Å². The van der Waals surface area contributed by atoms with E-state index in [1.807, 2.05) is 0 Å². The molecule has 0 aromatic carbocycles. The zero-order valence-corrected chi connectivity index (χ0v) is 13.4. The monoisotopic (exact) mass is 277 g/mol. The number of hydrogen-bond acceptors (Lipinski definition) is 1. The highest BCUT2D eigenvalue weighted by atomic mass is 15.2. The van der Waals surface area contributed by atoms with Gasteiger partial charge in [-0.3, -0.25) is 0 Å². The van der Waals surface area contributed by atoms with E-state index in [0.29, 0.717) is 0 Å². The summed E-state index contributed by atoms with van der Waals surface area (Å²) in [6.45, 7) is 4.55. The molecule has 3 nitrogen and oxygen atoms in total. The van der Waals surface area contributed by atoms with Crippen LogP contribution in [0.25, 0.3) is 10.4 Å². The van der Waals surface area contributed by atoms with Gasteiger partial charge in [0.15, 0.2) is 0 Å². The topological polar surface area (TPSA) is 48.8 Å². The van der Waals surface area contributed by atoms with Gasteiger partial charge in [0.05, 0.1) is 0 Å². The molecule has 3 heteroatoms. The lowest BCUT2D eigenvalue weighted by Gasteiger charge is -2.28. The molecule has 0 aliphatic heterocycles. The van der Waals surface area contributed by atoms with Gasteiger partial charge in [0, 0.05) is 10.5 Å². The third-order valence-corrected chi connectivity index (χ3v) is 5.80. The van der Waals surface area contributed by atoms with E-state index in [0.717, 1.165) is 24.2 Å². The van der Waals surface area contributed by atoms with Gasteiger partial charge in [-0.05, 0) is 55.4 Å². The fraction of sp³-hybridized carbons (Fsp3) is 1.00. The summed E-state index contributed by atoms with van der Waals surface area (Å²) in [5.41, 5.74) is 9.05. The Morgan fingerprint density at radius 1 is 0.900 bits per heavy atom. The Morgan fingerprint density at radius 2 is 1.60 bits per heavy atom. The van der Waals surface area contributed by atoms with Crippen LogP contribution in [0.15, 0.2) is 5.11 Å². The van der Waals surface area contributed by atoms with Crippen molar-refractivity contribution in [3.8, 4) is 0 Å². The smallest absolute Gasteiger partial charge is 0.0460 e. The molecule has 3 aliphatic carbocycles. The van der Waals surface area contributed by atoms with Crippen molar-refractivity contribution in [2.45, 2.75) is 96.4 Å². The Labute approximate surface area is 124 Å². The zero-order valence-electron chi connectivity index (χ0n) is 13.4. The van der Waals surface area contributed by atoms with Crippen LogP contribution in [0.5, 0.6) is 0 Å². The SMILES string of the molecule is CC1(N=[N+]=[N-])CCCCCC1.CC12CCCC(CC1)C2. The molecular weight excluding hydrogens is 246 g/mol. The Kier molecular flexibility index (Phi) is 5.37. The summed E-state index contributed by atoms with van der Waals surface area (Å²) in [4.78, 5) is 2.90. The maximum Gasteiger partial charge on any atom is 0.0460 e. The number of azide groups is 1. The van der Waals surface area contributed by atoms with Crippen LogP contribution < -0.4 is 0 Å². The molecule has 2 unspecified atom stereocenters. The first kappa shape index (κ1) is 15.7. The van der Waals surface area contributed by atoms with Gasteiger partial charge in [-0.2, -0.15) is 0 Å². The molecule has 0 saturated heterocycles. The Hall–Kier alpha value is -0.690. The van der Waals surface area contributed by atoms with E-state index in [1.54, 1.807) is 6.42 Å². The highest BCUT2D eigenvalue weighted by Crippen LogP contribution is 2.50. The minimum atomic E-state index is -0.0781. The number of rotatable bonds is 1. The number of fused-ring (bicyclic) bond motifs is 2. The van der Waals surface area contributed by atoms with Crippen molar-refractivity contribution in [2.24, 2.45) is 16.4 Å². The average Bonchev–Trinajstić information content (AvgIpc) is 2.57. The molecule has 0 amide bonds. The Morgan fingerprint density at radius 3 is 2.15 bits per heavy atom. The quantitative estimate of drug-likeness (QED) is 0.231. The summed E-state index contributed by atoms with van der Waals surface area (Å²) in [7, 11) is 0. The molecule has 114 valence electrons. The normalized spacial score (nSPS) is 35.2. The van der Waals surface area contributed by atoms with E-state index in [9.17, 15) is 0 Å². The molecule has 2 atom stereocenters. The van der Waals surface area contributed by atoms with E-state index in [4.69, 9.17) is 5.53 Å². The molecule has 3 saturated carbocycles. The van der Waals surface area contributed by atoms with Crippen LogP contribution in [-0.2, 0) is 0 Å². The van der Waals surface area contributed by atoms with Crippen LogP contribution in [0.3, 0.4) is 0 Å². The van der Waals surface area contributed by atoms with E-state index in [-0.39, 0.29) is 5.54 Å². The van der Waals surface area contributed by atoms with Crippen LogP contribution in [0.1, 0.15) is 90.9 Å². The van der Waals surface area contributed by atoms with E-state index < -0.39 is 0 Å². The highest BCUT2D eigenvalue weighted by Gasteiger charge is 2.37. The second-order valence-electron chi connectivity index (χ2n) is 7.91. The van der Waals surface area contributed by atoms with Gasteiger partial charge in [-0.25, -0.2) is 0 Å². The highest BCUT2D eigenvalue weighted by molar-refractivity contribution is 4.89. The second kappa shape index (κ2) is 6.85. The third kappa shape index (κ3) is 4.41. The molecule has 0 radical (unpaired) electrons. The fourth-order valence-corrected chi connectivity index (χ4v) is 4.44. The molecule has 0 heterocycles. The van der Waals surface area contributed by atoms with Gasteiger partial charge in [0.1, 0.15) is 0 Å². The van der Waals surface area contributed by atoms with Crippen molar-refractivity contribution in [1.82, 2.24) is 0 Å². The first-order chi connectivity index (χ1) is 9.55. The molecule has 2 bridgehead atoms. The minimum absolute atomic E-state index is 0.0781. The van der Waals surface area contributed by atoms with Crippen LogP contribution >= 0.6 is 0 Å². The van der Waals surface area contributed by atoms with Crippen LogP contribution in [0.4, 0.5) is 0 Å². The van der Waals surface area contributed by atoms with Crippen LogP contribution in [0.2, 0.25) is 0 Å². The molecule has 0 aromatic heterocycles. The third-order valence-electron chi connectivity index (χ3n) is 5.80. The maximum absolute atomic E-state index is 8.33. The van der Waals surface area contributed by atoms with Gasteiger partial charge in [0.2, 0.25) is 0 Å². The predicted octanol–water partition coefficient (Wildman–Crippen LogP) is 6.39. The number of hydrogen-bond donors (Lipinski definition) is 0. The summed E-state index contributed by atoms with van der Waals surface area (Å²) in [5, 5.41) is 3.86. The lowest BCUT2D eigenvalue weighted by molar-refractivity contribution is 0.238. The standard InChI is InChI=1S/C9H16.C8H15N3/c1-9-5-2-3-8(7-9)4-6-9;1-8(10-11-9)6-4-2-3-5-7-8/h8H,2-7H2,1H3;2-7H2,1H3. The summed E-state index contributed by atoms with van der Waals surface area (Å²) in [6, 6.07) is 0. The summed E-state index contributed by atoms with van der Waals surface area (Å²) in [5.74, 6) is 1.13. The first-order valence-electron chi connectivity index (χ1n) is 8.62. The van der Waals surface area contributed by atoms with Crippen molar-refractivity contribution in [3.63, 3.8) is 0 Å². The molecule has 0 spiro atoms. The fourth-order valence-electron chi connectivity index (χ4n) is 4.44. The van der Waals surface area contributed by atoms with Gasteiger partial charge in [-0.15, -0.1) is 0 Å². The molecule has 3 aliphatic rings. The van der Waals surface area contributed by atoms with Gasteiger partial charge < -0.3 is 0 Å². The molecule has 20 heavy (non-hydrogen) atoms. The van der Waals surface area contributed by atoms with Crippen molar-refractivity contribution >= 4 is 0 Å². The second-order valence-corrected chi connectivity index (χ2v) is 7.91. The number of nitrogens with zero attached hydrogens (tertiary/aromatic N) is 3. The van der Waals surface area contributed by atoms with Crippen molar-refractivity contribution in [1.29, 1.82) is 0 Å². The average molecular weight is 277 g/mol. The van der Waals surface area contributed by atoms with Gasteiger partial charge >= 0.3 is 0 Å². The van der Waals surface area contributed by atoms with Crippen LogP contribution in [-0.4, -0.2) is 5.54 Å². The van der Waals surface area contributed by atoms with Crippen LogP contribution in [0, 0.1) is 11.3 Å². The van der Waals surface area contributed by atoms with Gasteiger partial charge in [0.25, 0.3) is 0 Å². The van der Waals surface area contributed by atoms with E-state index in [1.165, 1.54) is 57.8 Å². The van der Waals surface area contributed by atoms with Crippen molar-refractivity contribution in [2.75, 3.05) is 0 Å². The molecular formula is C17H31N3. The largest absolute Gasteiger partial charge is 0.0876 e. The Bertz CT molecular complexity index is 347. The predicted molar refractivity (Wildman–Crippen MR) is 84.6 cm³/mol. The molecule has 3 rings (SSSR count). The summed E-state index contributed by atoms with van der Waals surface area (Å²) in [6.07, 6.45) is 16.4. The zero-order chi connectivity index (χ0) is 14.5.